The van der Waals surface area contributed by atoms with E-state index in [1.165, 1.54) is 0 Å². The van der Waals surface area contributed by atoms with Gasteiger partial charge in [0.1, 0.15) is 24.4 Å². The molecule has 9 heteroatoms. The average molecular weight is 417 g/mol. The number of fused-ring (bicyclic) bond motifs is 1. The first-order chi connectivity index (χ1) is 14.5. The van der Waals surface area contributed by atoms with Crippen LogP contribution in [0.2, 0.25) is 0 Å². The number of hydrogen-bond acceptors (Lipinski definition) is 6. The van der Waals surface area contributed by atoms with Gasteiger partial charge in [0.25, 0.3) is 0 Å². The Morgan fingerprint density at radius 3 is 2.63 bits per heavy atom. The van der Waals surface area contributed by atoms with Gasteiger partial charge < -0.3 is 29.7 Å². The highest BCUT2D eigenvalue weighted by atomic mass is 16.5. The molecule has 0 saturated carbocycles. The normalized spacial score (nSPS) is 25.0. The third-order valence-electron chi connectivity index (χ3n) is 5.90. The smallest absolute Gasteiger partial charge is 0.318 e. The molecule has 9 nitrogen and oxygen atoms in total. The Kier molecular flexibility index (Phi) is 6.19. The number of amides is 3. The van der Waals surface area contributed by atoms with E-state index in [1.807, 2.05) is 0 Å². The van der Waals surface area contributed by atoms with Crippen molar-refractivity contribution in [2.75, 3.05) is 39.5 Å². The van der Waals surface area contributed by atoms with Crippen LogP contribution in [0.1, 0.15) is 18.4 Å². The molecule has 3 fully saturated rings. The largest absolute Gasteiger partial charge is 0.508 e. The van der Waals surface area contributed by atoms with Gasteiger partial charge >= 0.3 is 6.03 Å². The molecule has 1 aromatic carbocycles. The number of hydrogen-bond donors (Lipinski definition) is 2. The van der Waals surface area contributed by atoms with Crippen LogP contribution in [-0.2, 0) is 25.5 Å². The number of ether oxygens (including phenoxy) is 2. The number of ketones is 1. The van der Waals surface area contributed by atoms with Crippen molar-refractivity contribution in [3.63, 3.8) is 0 Å². The Balaban J connectivity index is 1.53. The maximum Gasteiger partial charge on any atom is 0.318 e. The van der Waals surface area contributed by atoms with E-state index in [4.69, 9.17) is 9.47 Å². The number of phenolic OH excluding ortho intramolecular Hbond substituents is 1. The zero-order valence-electron chi connectivity index (χ0n) is 16.8. The van der Waals surface area contributed by atoms with Crippen LogP contribution in [0.4, 0.5) is 4.79 Å². The fourth-order valence-corrected chi connectivity index (χ4v) is 4.31. The highest BCUT2D eigenvalue weighted by Crippen LogP contribution is 2.27. The quantitative estimate of drug-likeness (QED) is 0.730. The lowest BCUT2D eigenvalue weighted by atomic mass is 9.95. The first-order valence-electron chi connectivity index (χ1n) is 10.4. The van der Waals surface area contributed by atoms with Gasteiger partial charge in [0.2, 0.25) is 5.91 Å². The molecule has 3 heterocycles. The maximum absolute atomic E-state index is 13.5. The number of urea groups is 1. The third kappa shape index (κ3) is 4.41. The molecule has 3 amide bonds. The molecule has 0 aromatic heterocycles. The van der Waals surface area contributed by atoms with Crippen molar-refractivity contribution in [2.45, 2.75) is 37.5 Å². The van der Waals surface area contributed by atoms with E-state index < -0.39 is 12.1 Å². The summed E-state index contributed by atoms with van der Waals surface area (Å²) in [5, 5.41) is 12.4. The topological polar surface area (TPSA) is 108 Å². The van der Waals surface area contributed by atoms with Gasteiger partial charge in [0, 0.05) is 26.1 Å². The third-order valence-corrected chi connectivity index (χ3v) is 5.90. The van der Waals surface area contributed by atoms with Crippen molar-refractivity contribution in [2.24, 2.45) is 0 Å². The number of nitrogens with zero attached hydrogens (tertiary/aromatic N) is 2. The molecule has 0 bridgehead atoms. The molecular formula is C21H27N3O6. The van der Waals surface area contributed by atoms with Crippen molar-refractivity contribution in [1.82, 2.24) is 15.1 Å². The Morgan fingerprint density at radius 2 is 1.90 bits per heavy atom. The van der Waals surface area contributed by atoms with Crippen LogP contribution in [0.5, 0.6) is 5.75 Å². The molecule has 0 spiro atoms. The van der Waals surface area contributed by atoms with Crippen LogP contribution >= 0.6 is 0 Å². The van der Waals surface area contributed by atoms with E-state index in [-0.39, 0.29) is 42.6 Å². The van der Waals surface area contributed by atoms with Gasteiger partial charge in [-0.1, -0.05) is 12.1 Å². The summed E-state index contributed by atoms with van der Waals surface area (Å²) in [7, 11) is 0. The number of nitrogens with one attached hydrogen (secondary N) is 1. The van der Waals surface area contributed by atoms with Gasteiger partial charge in [0.15, 0.2) is 5.78 Å². The predicted molar refractivity (Wildman–Crippen MR) is 106 cm³/mol. The standard InChI is InChI=1S/C21H27N3O6/c25-15-5-3-14(4-6-15)12-16(22-21(28)23-8-10-29-11-9-23)20(27)24-7-1-2-18-19(24)17(26)13-30-18/h3-6,16,18-19,25H,1-2,7-13H2,(H,22,28). The fourth-order valence-electron chi connectivity index (χ4n) is 4.31. The Labute approximate surface area is 174 Å². The van der Waals surface area contributed by atoms with Gasteiger partial charge in [-0.2, -0.15) is 0 Å². The molecule has 30 heavy (non-hydrogen) atoms. The lowest BCUT2D eigenvalue weighted by Crippen LogP contribution is -2.60. The summed E-state index contributed by atoms with van der Waals surface area (Å²) < 4.78 is 10.8. The summed E-state index contributed by atoms with van der Waals surface area (Å²) in [6.07, 6.45) is 1.50. The van der Waals surface area contributed by atoms with Gasteiger partial charge in [-0.05, 0) is 30.5 Å². The summed E-state index contributed by atoms with van der Waals surface area (Å²) in [5.74, 6) is -0.235. The molecule has 1 aromatic rings. The molecule has 2 N–H and O–H groups in total. The van der Waals surface area contributed by atoms with Crippen molar-refractivity contribution in [3.05, 3.63) is 29.8 Å². The molecule has 3 aliphatic heterocycles. The predicted octanol–water partition coefficient (Wildman–Crippen LogP) is 0.304. The number of carbonyl (C=O) groups excluding carboxylic acids is 3. The Hall–Kier alpha value is -2.65. The Morgan fingerprint density at radius 1 is 1.17 bits per heavy atom. The van der Waals surface area contributed by atoms with Crippen LogP contribution in [0.15, 0.2) is 24.3 Å². The maximum atomic E-state index is 13.5. The number of carbonyl (C=O) groups is 3. The molecule has 3 atom stereocenters. The first-order valence-corrected chi connectivity index (χ1v) is 10.4. The number of phenols is 1. The summed E-state index contributed by atoms with van der Waals surface area (Å²) in [6, 6.07) is 4.82. The van der Waals surface area contributed by atoms with Gasteiger partial charge in [0.05, 0.1) is 19.3 Å². The molecule has 4 rings (SSSR count). The van der Waals surface area contributed by atoms with E-state index in [9.17, 15) is 19.5 Å². The highest BCUT2D eigenvalue weighted by molar-refractivity contribution is 5.94. The first kappa shape index (κ1) is 20.6. The van der Waals surface area contributed by atoms with Crippen LogP contribution in [0, 0.1) is 0 Å². The second kappa shape index (κ2) is 9.01. The molecule has 162 valence electrons. The summed E-state index contributed by atoms with van der Waals surface area (Å²) in [6.45, 7) is 2.35. The molecule has 3 unspecified atom stereocenters. The summed E-state index contributed by atoms with van der Waals surface area (Å²) in [4.78, 5) is 41.8. The minimum absolute atomic E-state index is 0.0296. The minimum atomic E-state index is -0.822. The second-order valence-electron chi connectivity index (χ2n) is 7.91. The van der Waals surface area contributed by atoms with Gasteiger partial charge in [-0.25, -0.2) is 4.79 Å². The zero-order chi connectivity index (χ0) is 21.1. The summed E-state index contributed by atoms with van der Waals surface area (Å²) >= 11 is 0. The number of aromatic hydroxyl groups is 1. The van der Waals surface area contributed by atoms with Crippen molar-refractivity contribution in [1.29, 1.82) is 0 Å². The van der Waals surface area contributed by atoms with E-state index in [0.717, 1.165) is 18.4 Å². The van der Waals surface area contributed by atoms with Crippen LogP contribution in [0.3, 0.4) is 0 Å². The molecule has 3 saturated heterocycles. The van der Waals surface area contributed by atoms with Crippen molar-refractivity contribution >= 4 is 17.7 Å². The minimum Gasteiger partial charge on any atom is -0.508 e. The number of benzene rings is 1. The fraction of sp³-hybridized carbons (Fsp3) is 0.571. The lowest BCUT2D eigenvalue weighted by Gasteiger charge is -2.38. The number of Topliss-reactive ketones (excluding diaryl/α,β-unsaturated/α-hetero) is 1. The van der Waals surface area contributed by atoms with Crippen LogP contribution in [0.25, 0.3) is 0 Å². The van der Waals surface area contributed by atoms with E-state index in [2.05, 4.69) is 5.32 Å². The molecule has 3 aliphatic rings. The van der Waals surface area contributed by atoms with Crippen LogP contribution in [-0.4, -0.2) is 90.3 Å². The molecular weight excluding hydrogens is 390 g/mol. The van der Waals surface area contributed by atoms with Crippen molar-refractivity contribution < 1.29 is 29.0 Å². The molecule has 0 radical (unpaired) electrons. The monoisotopic (exact) mass is 417 g/mol. The molecule has 0 aliphatic carbocycles. The zero-order valence-corrected chi connectivity index (χ0v) is 16.8. The lowest BCUT2D eigenvalue weighted by molar-refractivity contribution is -0.142. The average Bonchev–Trinajstić information content (AvgIpc) is 3.16. The van der Waals surface area contributed by atoms with Crippen LogP contribution < -0.4 is 5.32 Å². The van der Waals surface area contributed by atoms with Gasteiger partial charge in [-0.3, -0.25) is 9.59 Å². The highest BCUT2D eigenvalue weighted by Gasteiger charge is 2.45. The number of rotatable bonds is 4. The Bertz CT molecular complexity index is 792. The van der Waals surface area contributed by atoms with Crippen molar-refractivity contribution in [3.8, 4) is 5.75 Å². The second-order valence-corrected chi connectivity index (χ2v) is 7.91. The van der Waals surface area contributed by atoms with E-state index in [1.54, 1.807) is 34.1 Å². The number of morpholine rings is 1. The van der Waals surface area contributed by atoms with Gasteiger partial charge in [-0.15, -0.1) is 0 Å². The SMILES string of the molecule is O=C1COC2CCCN(C(=O)C(Cc3ccc(O)cc3)NC(=O)N3CCOCC3)C12. The summed E-state index contributed by atoms with van der Waals surface area (Å²) in [5.41, 5.74) is 0.802. The van der Waals surface area contributed by atoms with E-state index in [0.29, 0.717) is 32.8 Å². The number of piperidine rings is 1. The van der Waals surface area contributed by atoms with E-state index >= 15 is 0 Å². The number of likely N-dealkylation sites (tertiary alicyclic amines) is 1.